The maximum absolute atomic E-state index is 10.1. The summed E-state index contributed by atoms with van der Waals surface area (Å²) in [4.78, 5) is 10.1. The molecule has 0 aliphatic rings. The number of hydrogen-bond acceptors (Lipinski definition) is 3. The van der Waals surface area contributed by atoms with Gasteiger partial charge in [0.05, 0.1) is 0 Å². The zero-order chi connectivity index (χ0) is 16.4. The molecule has 0 aliphatic carbocycles. The molecule has 0 atom stereocenters. The second-order valence-electron chi connectivity index (χ2n) is 5.45. The second-order valence-corrected chi connectivity index (χ2v) is 5.45. The van der Waals surface area contributed by atoms with Gasteiger partial charge in [-0.05, 0) is 34.1 Å². The van der Waals surface area contributed by atoms with E-state index in [9.17, 15) is 4.79 Å². The molecule has 0 aliphatic heterocycles. The van der Waals surface area contributed by atoms with Crippen molar-refractivity contribution in [2.75, 3.05) is 0 Å². The highest BCUT2D eigenvalue weighted by molar-refractivity contribution is 5.66. The number of unbranched alkanes of at least 4 members (excludes halogenated alkanes) is 6. The summed E-state index contributed by atoms with van der Waals surface area (Å²) in [5.41, 5.74) is 0. The van der Waals surface area contributed by atoms with E-state index in [4.69, 9.17) is 15.3 Å². The summed E-state index contributed by atoms with van der Waals surface area (Å²) in [7, 11) is 0. The summed E-state index contributed by atoms with van der Waals surface area (Å²) in [6, 6.07) is 0. The van der Waals surface area contributed by atoms with Crippen molar-refractivity contribution in [1.29, 1.82) is 0 Å². The van der Waals surface area contributed by atoms with Crippen molar-refractivity contribution in [1.82, 2.24) is 0 Å². The number of carbonyl (C=O) groups is 1. The van der Waals surface area contributed by atoms with Crippen molar-refractivity contribution in [3.8, 4) is 0 Å². The van der Waals surface area contributed by atoms with Crippen molar-refractivity contribution in [2.24, 2.45) is 0 Å². The zero-order valence-electron chi connectivity index (χ0n) is 14.1. The first-order valence-corrected chi connectivity index (χ1v) is 7.81. The highest BCUT2D eigenvalue weighted by Gasteiger charge is 1.95. The molecule has 0 saturated heterocycles. The molecule has 124 valence electrons. The lowest BCUT2D eigenvalue weighted by Crippen LogP contribution is -1.93. The van der Waals surface area contributed by atoms with Crippen LogP contribution in [-0.2, 0) is 4.79 Å². The van der Waals surface area contributed by atoms with Gasteiger partial charge < -0.3 is 15.3 Å². The van der Waals surface area contributed by atoms with Gasteiger partial charge in [-0.15, -0.1) is 0 Å². The Bertz CT molecular complexity index is 168. The predicted octanol–water partition coefficient (Wildman–Crippen LogP) is 3.99. The fraction of sp³-hybridized carbons (Fsp3) is 0.938. The molecule has 0 unspecified atom stereocenters. The van der Waals surface area contributed by atoms with E-state index in [1.54, 1.807) is 27.7 Å². The van der Waals surface area contributed by atoms with Crippen LogP contribution in [-0.4, -0.2) is 33.5 Å². The Labute approximate surface area is 125 Å². The van der Waals surface area contributed by atoms with E-state index in [1.165, 1.54) is 32.1 Å². The average Bonchev–Trinajstić information content (AvgIpc) is 2.26. The lowest BCUT2D eigenvalue weighted by atomic mass is 10.1. The first-order valence-electron chi connectivity index (χ1n) is 7.81. The van der Waals surface area contributed by atoms with Gasteiger partial charge in [0.2, 0.25) is 0 Å². The van der Waals surface area contributed by atoms with Crippen LogP contribution in [0.5, 0.6) is 0 Å². The molecule has 0 aromatic heterocycles. The molecule has 0 spiro atoms. The van der Waals surface area contributed by atoms with Gasteiger partial charge in [0.25, 0.3) is 0 Å². The Morgan fingerprint density at radius 1 is 0.800 bits per heavy atom. The van der Waals surface area contributed by atoms with Crippen LogP contribution in [0, 0.1) is 0 Å². The van der Waals surface area contributed by atoms with Gasteiger partial charge in [-0.1, -0.05) is 45.4 Å². The molecule has 4 nitrogen and oxygen atoms in total. The van der Waals surface area contributed by atoms with Crippen LogP contribution < -0.4 is 0 Å². The van der Waals surface area contributed by atoms with Crippen molar-refractivity contribution >= 4 is 5.97 Å². The molecule has 0 bridgehead atoms. The maximum Gasteiger partial charge on any atom is 0.303 e. The van der Waals surface area contributed by atoms with E-state index in [2.05, 4.69) is 6.92 Å². The van der Waals surface area contributed by atoms with Crippen molar-refractivity contribution < 1.29 is 20.1 Å². The first kappa shape index (κ1) is 24.4. The van der Waals surface area contributed by atoms with Gasteiger partial charge in [-0.25, -0.2) is 0 Å². The quantitative estimate of drug-likeness (QED) is 0.591. The minimum Gasteiger partial charge on any atom is -0.481 e. The molecule has 0 heterocycles. The van der Waals surface area contributed by atoms with Gasteiger partial charge in [0, 0.05) is 18.6 Å². The molecule has 3 N–H and O–H groups in total. The number of aliphatic hydroxyl groups is 2. The van der Waals surface area contributed by atoms with Gasteiger partial charge in [0.15, 0.2) is 0 Å². The third kappa shape index (κ3) is 66.4. The topological polar surface area (TPSA) is 77.8 Å². The molecule has 4 heteroatoms. The summed E-state index contributed by atoms with van der Waals surface area (Å²) in [6.45, 7) is 9.09. The third-order valence-electron chi connectivity index (χ3n) is 1.99. The van der Waals surface area contributed by atoms with Crippen molar-refractivity contribution in [3.63, 3.8) is 0 Å². The number of carboxylic acid groups (broad SMARTS) is 1. The lowest BCUT2D eigenvalue weighted by molar-refractivity contribution is -0.137. The SMILES string of the molecule is CC(C)O.CC(C)O.CCCCCCCCCC(=O)O. The standard InChI is InChI=1S/C10H20O2.2C3H8O/c1-2-3-4-5-6-7-8-9-10(11)12;2*1-3(2)4/h2-9H2,1H3,(H,11,12);2*3-4H,1-2H3. The number of hydrogen-bond donors (Lipinski definition) is 3. The summed E-state index contributed by atoms with van der Waals surface area (Å²) in [5.74, 6) is -0.663. The normalized spacial score (nSPS) is 9.65. The summed E-state index contributed by atoms with van der Waals surface area (Å²) >= 11 is 0. The van der Waals surface area contributed by atoms with Crippen LogP contribution >= 0.6 is 0 Å². The first-order chi connectivity index (χ1) is 9.23. The summed E-state index contributed by atoms with van der Waals surface area (Å²) < 4.78 is 0. The molecule has 0 saturated carbocycles. The predicted molar refractivity (Wildman–Crippen MR) is 85.0 cm³/mol. The van der Waals surface area contributed by atoms with Crippen LogP contribution in [0.3, 0.4) is 0 Å². The molecule has 0 amide bonds. The summed E-state index contributed by atoms with van der Waals surface area (Å²) in [6.07, 6.45) is 8.31. The average molecular weight is 292 g/mol. The monoisotopic (exact) mass is 292 g/mol. The molecule has 0 aromatic rings. The van der Waals surface area contributed by atoms with Crippen molar-refractivity contribution in [2.45, 2.75) is 98.2 Å². The second kappa shape index (κ2) is 20.7. The van der Waals surface area contributed by atoms with Crippen LogP contribution in [0.25, 0.3) is 0 Å². The Balaban J connectivity index is -0.000000297. The molecule has 20 heavy (non-hydrogen) atoms. The highest BCUT2D eigenvalue weighted by Crippen LogP contribution is 2.07. The fourth-order valence-corrected chi connectivity index (χ4v) is 1.23. The van der Waals surface area contributed by atoms with Gasteiger partial charge in [-0.2, -0.15) is 0 Å². The Morgan fingerprint density at radius 2 is 1.10 bits per heavy atom. The Morgan fingerprint density at radius 3 is 1.40 bits per heavy atom. The van der Waals surface area contributed by atoms with Crippen LogP contribution in [0.15, 0.2) is 0 Å². The van der Waals surface area contributed by atoms with Gasteiger partial charge in [0.1, 0.15) is 0 Å². The van der Waals surface area contributed by atoms with Crippen molar-refractivity contribution in [3.05, 3.63) is 0 Å². The minimum atomic E-state index is -0.663. The van der Waals surface area contributed by atoms with Gasteiger partial charge in [-0.3, -0.25) is 4.79 Å². The Kier molecular flexibility index (Phi) is 25.3. The fourth-order valence-electron chi connectivity index (χ4n) is 1.23. The molecular formula is C16H36O4. The maximum atomic E-state index is 10.1. The largest absolute Gasteiger partial charge is 0.481 e. The molecule has 0 fully saturated rings. The van der Waals surface area contributed by atoms with E-state index in [0.29, 0.717) is 6.42 Å². The number of aliphatic hydroxyl groups excluding tert-OH is 2. The minimum absolute atomic E-state index is 0.167. The Hall–Kier alpha value is -0.610. The van der Waals surface area contributed by atoms with E-state index >= 15 is 0 Å². The highest BCUT2D eigenvalue weighted by atomic mass is 16.4. The van der Waals surface area contributed by atoms with E-state index < -0.39 is 5.97 Å². The van der Waals surface area contributed by atoms with E-state index in [0.717, 1.165) is 12.8 Å². The summed E-state index contributed by atoms with van der Waals surface area (Å²) in [5, 5.41) is 24.5. The lowest BCUT2D eigenvalue weighted by Gasteiger charge is -1.98. The van der Waals surface area contributed by atoms with Gasteiger partial charge >= 0.3 is 5.97 Å². The number of rotatable bonds is 8. The number of aliphatic carboxylic acids is 1. The van der Waals surface area contributed by atoms with Crippen LogP contribution in [0.1, 0.15) is 86.0 Å². The molecule has 0 rings (SSSR count). The molecule has 0 radical (unpaired) electrons. The number of carboxylic acids is 1. The third-order valence-corrected chi connectivity index (χ3v) is 1.99. The molecule has 0 aromatic carbocycles. The van der Waals surface area contributed by atoms with E-state index in [1.807, 2.05) is 0 Å². The van der Waals surface area contributed by atoms with Crippen LogP contribution in [0.4, 0.5) is 0 Å². The van der Waals surface area contributed by atoms with Crippen LogP contribution in [0.2, 0.25) is 0 Å². The smallest absolute Gasteiger partial charge is 0.303 e. The molecular weight excluding hydrogens is 256 g/mol. The van der Waals surface area contributed by atoms with E-state index in [-0.39, 0.29) is 12.2 Å². The zero-order valence-corrected chi connectivity index (χ0v) is 14.1.